The lowest BCUT2D eigenvalue weighted by atomic mass is 9.99. The standard InChI is InChI=1S/C25H17F2N3O4S2/c1-29-6-7-34-16-5-4-12(9-15(16)29)22(31)19-21(17-3-2-8-35-17)30(24(33)23(19)32)25-28-20-14(27)10-13(26)11-18(20)36-25/h2-5,8-11,21,31H,6-7H2,1H3/b22-19+. The van der Waals surface area contributed by atoms with Crippen LogP contribution in [0, 0.1) is 11.6 Å². The number of anilines is 2. The van der Waals surface area contributed by atoms with Gasteiger partial charge < -0.3 is 14.7 Å². The highest BCUT2D eigenvalue weighted by Crippen LogP contribution is 2.46. The molecule has 2 aromatic heterocycles. The van der Waals surface area contributed by atoms with Gasteiger partial charge in [-0.3, -0.25) is 14.5 Å². The molecular formula is C25H17F2N3O4S2. The second kappa shape index (κ2) is 8.38. The number of carbonyl (C=O) groups is 2. The van der Waals surface area contributed by atoms with Crippen molar-refractivity contribution in [2.75, 3.05) is 30.0 Å². The normalized spacial score (nSPS) is 19.1. The number of fused-ring (bicyclic) bond motifs is 2. The van der Waals surface area contributed by atoms with E-state index in [1.165, 1.54) is 11.3 Å². The van der Waals surface area contributed by atoms with Crippen molar-refractivity contribution in [3.63, 3.8) is 0 Å². The van der Waals surface area contributed by atoms with Crippen LogP contribution >= 0.6 is 22.7 Å². The number of benzene rings is 2. The van der Waals surface area contributed by atoms with Crippen molar-refractivity contribution >= 4 is 61.2 Å². The summed E-state index contributed by atoms with van der Waals surface area (Å²) in [5, 5.41) is 13.2. The minimum atomic E-state index is -0.983. The molecule has 1 N–H and O–H groups in total. The lowest BCUT2D eigenvalue weighted by Crippen LogP contribution is -2.29. The summed E-state index contributed by atoms with van der Waals surface area (Å²) in [6.45, 7) is 1.19. The highest BCUT2D eigenvalue weighted by atomic mass is 32.1. The zero-order valence-corrected chi connectivity index (χ0v) is 20.3. The number of carbonyl (C=O) groups excluding carboxylic acids is 2. The molecule has 182 valence electrons. The Labute approximate surface area is 211 Å². The Morgan fingerprint density at radius 1 is 1.19 bits per heavy atom. The summed E-state index contributed by atoms with van der Waals surface area (Å²) < 4.78 is 34.0. The third kappa shape index (κ3) is 3.46. The van der Waals surface area contributed by atoms with Gasteiger partial charge in [-0.05, 0) is 35.7 Å². The number of thiophene rings is 1. The molecule has 0 aliphatic carbocycles. The van der Waals surface area contributed by atoms with E-state index in [0.29, 0.717) is 35.4 Å². The van der Waals surface area contributed by atoms with E-state index < -0.39 is 29.4 Å². The van der Waals surface area contributed by atoms with Gasteiger partial charge in [0, 0.05) is 23.6 Å². The molecule has 4 aromatic rings. The molecule has 2 aromatic carbocycles. The number of nitrogens with zero attached hydrogens (tertiary/aromatic N) is 3. The first-order valence-corrected chi connectivity index (χ1v) is 12.6. The fraction of sp³-hybridized carbons (Fsp3) is 0.160. The highest BCUT2D eigenvalue weighted by molar-refractivity contribution is 7.22. The first-order valence-electron chi connectivity index (χ1n) is 10.9. The van der Waals surface area contributed by atoms with E-state index in [2.05, 4.69) is 4.98 Å². The molecule has 36 heavy (non-hydrogen) atoms. The Kier molecular flexibility index (Phi) is 5.27. The Morgan fingerprint density at radius 2 is 2.03 bits per heavy atom. The second-order valence-corrected chi connectivity index (χ2v) is 10.4. The Bertz CT molecular complexity index is 1580. The number of ether oxygens (including phenoxy) is 1. The van der Waals surface area contributed by atoms with E-state index in [0.717, 1.165) is 28.0 Å². The number of aromatic nitrogens is 1. The van der Waals surface area contributed by atoms with E-state index in [1.807, 2.05) is 11.9 Å². The van der Waals surface area contributed by atoms with Gasteiger partial charge >= 0.3 is 5.91 Å². The third-order valence-electron chi connectivity index (χ3n) is 6.19. The molecule has 6 rings (SSSR count). The molecule has 0 spiro atoms. The summed E-state index contributed by atoms with van der Waals surface area (Å²) in [5.41, 5.74) is 0.896. The smallest absolute Gasteiger partial charge is 0.301 e. The third-order valence-corrected chi connectivity index (χ3v) is 8.12. The van der Waals surface area contributed by atoms with Crippen molar-refractivity contribution in [1.29, 1.82) is 0 Å². The molecule has 1 unspecified atom stereocenters. The average Bonchev–Trinajstić information content (AvgIpc) is 3.58. The number of hydrogen-bond acceptors (Lipinski definition) is 8. The monoisotopic (exact) mass is 525 g/mol. The van der Waals surface area contributed by atoms with Crippen molar-refractivity contribution in [3.05, 3.63) is 75.5 Å². The molecule has 0 radical (unpaired) electrons. The number of thiazole rings is 1. The molecule has 0 saturated carbocycles. The Morgan fingerprint density at radius 3 is 2.81 bits per heavy atom. The van der Waals surface area contributed by atoms with E-state index in [1.54, 1.807) is 35.7 Å². The number of likely N-dealkylation sites (N-methyl/N-ethyl adjacent to an activating group) is 1. The minimum Gasteiger partial charge on any atom is -0.507 e. The van der Waals surface area contributed by atoms with E-state index in [-0.39, 0.29) is 26.7 Å². The van der Waals surface area contributed by atoms with Gasteiger partial charge in [0.2, 0.25) is 0 Å². The number of halogens is 2. The summed E-state index contributed by atoms with van der Waals surface area (Å²) in [6, 6.07) is 9.41. The van der Waals surface area contributed by atoms with Crippen LogP contribution in [0.25, 0.3) is 16.0 Å². The van der Waals surface area contributed by atoms with E-state index in [9.17, 15) is 23.5 Å². The van der Waals surface area contributed by atoms with Gasteiger partial charge in [0.25, 0.3) is 5.78 Å². The SMILES string of the molecule is CN1CCOc2ccc(/C(O)=C3\C(=O)C(=O)N(c4nc5c(F)cc(F)cc5s4)C3c3cccs3)cc21. The van der Waals surface area contributed by atoms with Gasteiger partial charge in [-0.15, -0.1) is 11.3 Å². The Hall–Kier alpha value is -3.83. The van der Waals surface area contributed by atoms with Gasteiger partial charge in [-0.25, -0.2) is 13.8 Å². The number of Topliss-reactive ketones (excluding diaryl/α,β-unsaturated/α-hetero) is 1. The first kappa shape index (κ1) is 22.6. The summed E-state index contributed by atoms with van der Waals surface area (Å²) in [4.78, 5) is 34.5. The quantitative estimate of drug-likeness (QED) is 0.228. The largest absolute Gasteiger partial charge is 0.507 e. The van der Waals surface area contributed by atoms with Gasteiger partial charge in [0.05, 0.1) is 22.5 Å². The predicted molar refractivity (Wildman–Crippen MR) is 134 cm³/mol. The summed E-state index contributed by atoms with van der Waals surface area (Å²) >= 11 is 2.20. The molecule has 2 aliphatic rings. The predicted octanol–water partition coefficient (Wildman–Crippen LogP) is 5.09. The van der Waals surface area contributed by atoms with Crippen LogP contribution in [0.15, 0.2) is 53.4 Å². The number of ketones is 1. The molecule has 1 amide bonds. The Balaban J connectivity index is 1.53. The van der Waals surface area contributed by atoms with Crippen LogP contribution < -0.4 is 14.5 Å². The molecule has 1 saturated heterocycles. The van der Waals surface area contributed by atoms with Crippen molar-refractivity contribution in [2.45, 2.75) is 6.04 Å². The zero-order valence-electron chi connectivity index (χ0n) is 18.7. The van der Waals surface area contributed by atoms with Gasteiger partial charge in [0.1, 0.15) is 35.5 Å². The highest BCUT2D eigenvalue weighted by Gasteiger charge is 2.48. The molecule has 4 heterocycles. The first-order chi connectivity index (χ1) is 17.3. The molecule has 1 atom stereocenters. The minimum absolute atomic E-state index is 0.0348. The summed E-state index contributed by atoms with van der Waals surface area (Å²) in [6.07, 6.45) is 0. The maximum atomic E-state index is 14.4. The van der Waals surface area contributed by atoms with Crippen LogP contribution in [-0.4, -0.2) is 42.0 Å². The van der Waals surface area contributed by atoms with Crippen LogP contribution in [0.2, 0.25) is 0 Å². The van der Waals surface area contributed by atoms with E-state index >= 15 is 0 Å². The summed E-state index contributed by atoms with van der Waals surface area (Å²) in [5.74, 6) is -3.12. The van der Waals surface area contributed by atoms with Crippen molar-refractivity contribution < 1.29 is 28.2 Å². The number of amides is 1. The average molecular weight is 526 g/mol. The van der Waals surface area contributed by atoms with Gasteiger partial charge in [0.15, 0.2) is 10.9 Å². The zero-order chi connectivity index (χ0) is 25.1. The van der Waals surface area contributed by atoms with Crippen LogP contribution in [0.1, 0.15) is 16.5 Å². The van der Waals surface area contributed by atoms with Crippen molar-refractivity contribution in [2.24, 2.45) is 0 Å². The molecule has 11 heteroatoms. The van der Waals surface area contributed by atoms with Gasteiger partial charge in [-0.2, -0.15) is 0 Å². The number of hydrogen-bond donors (Lipinski definition) is 1. The number of aliphatic hydroxyl groups is 1. The van der Waals surface area contributed by atoms with Crippen LogP contribution in [-0.2, 0) is 9.59 Å². The van der Waals surface area contributed by atoms with Crippen LogP contribution in [0.4, 0.5) is 19.6 Å². The lowest BCUT2D eigenvalue weighted by molar-refractivity contribution is -0.132. The lowest BCUT2D eigenvalue weighted by Gasteiger charge is -2.28. The van der Waals surface area contributed by atoms with Crippen LogP contribution in [0.5, 0.6) is 5.75 Å². The fourth-order valence-corrected chi connectivity index (χ4v) is 6.30. The number of rotatable bonds is 3. The number of aliphatic hydroxyl groups excluding tert-OH is 1. The topological polar surface area (TPSA) is 83.0 Å². The fourth-order valence-electron chi connectivity index (χ4n) is 4.45. The molecule has 2 aliphatic heterocycles. The van der Waals surface area contributed by atoms with E-state index in [4.69, 9.17) is 4.74 Å². The molecule has 7 nitrogen and oxygen atoms in total. The maximum Gasteiger partial charge on any atom is 0.301 e. The van der Waals surface area contributed by atoms with Crippen LogP contribution in [0.3, 0.4) is 0 Å². The molecular weight excluding hydrogens is 508 g/mol. The molecule has 0 bridgehead atoms. The van der Waals surface area contributed by atoms with Gasteiger partial charge in [-0.1, -0.05) is 17.4 Å². The maximum absolute atomic E-state index is 14.4. The summed E-state index contributed by atoms with van der Waals surface area (Å²) in [7, 11) is 1.89. The second-order valence-electron chi connectivity index (χ2n) is 8.37. The van der Waals surface area contributed by atoms with Crippen molar-refractivity contribution in [3.8, 4) is 5.75 Å². The van der Waals surface area contributed by atoms with Crippen molar-refractivity contribution in [1.82, 2.24) is 4.98 Å². The molecule has 1 fully saturated rings.